The number of ether oxygens (including phenoxy) is 2. The fraction of sp³-hybridized carbons (Fsp3) is 0.417. The van der Waals surface area contributed by atoms with Crippen LogP contribution in [0.4, 0.5) is 4.39 Å². The van der Waals surface area contributed by atoms with Gasteiger partial charge in [-0.25, -0.2) is 4.39 Å². The Kier molecular flexibility index (Phi) is 6.55. The Balaban J connectivity index is 1.45. The van der Waals surface area contributed by atoms with Crippen molar-refractivity contribution >= 4 is 23.4 Å². The number of rotatable bonds is 6. The normalized spacial score (nSPS) is 20.2. The van der Waals surface area contributed by atoms with Crippen molar-refractivity contribution in [3.05, 3.63) is 58.4 Å². The minimum absolute atomic E-state index is 0.00126. The average Bonchev–Trinajstić information content (AvgIpc) is 3.00. The molecule has 32 heavy (non-hydrogen) atoms. The van der Waals surface area contributed by atoms with E-state index in [0.717, 1.165) is 16.9 Å². The van der Waals surface area contributed by atoms with Crippen LogP contribution < -0.4 is 14.8 Å². The monoisotopic (exact) mass is 460 g/mol. The van der Waals surface area contributed by atoms with E-state index in [1.165, 1.54) is 13.2 Å². The molecule has 0 aliphatic carbocycles. The van der Waals surface area contributed by atoms with Gasteiger partial charge in [0.25, 0.3) is 0 Å². The Labute approximate surface area is 191 Å². The van der Waals surface area contributed by atoms with Gasteiger partial charge in [0.1, 0.15) is 12.4 Å². The number of fused-ring (bicyclic) bond motifs is 1. The third kappa shape index (κ3) is 4.99. The van der Waals surface area contributed by atoms with Gasteiger partial charge < -0.3 is 19.7 Å². The van der Waals surface area contributed by atoms with E-state index in [0.29, 0.717) is 50.4 Å². The number of methoxy groups -OCH3 is 1. The zero-order valence-electron chi connectivity index (χ0n) is 18.0. The van der Waals surface area contributed by atoms with Crippen LogP contribution in [0.5, 0.6) is 11.5 Å². The lowest BCUT2D eigenvalue weighted by Crippen LogP contribution is -2.45. The van der Waals surface area contributed by atoms with Crippen LogP contribution in [0, 0.1) is 5.82 Å². The second-order valence-corrected chi connectivity index (χ2v) is 8.83. The van der Waals surface area contributed by atoms with Crippen LogP contribution in [0.15, 0.2) is 36.4 Å². The Morgan fingerprint density at radius 2 is 2.16 bits per heavy atom. The lowest BCUT2D eigenvalue weighted by Gasteiger charge is -2.30. The van der Waals surface area contributed by atoms with Gasteiger partial charge in [-0.3, -0.25) is 9.59 Å². The van der Waals surface area contributed by atoms with Gasteiger partial charge in [-0.2, -0.15) is 0 Å². The summed E-state index contributed by atoms with van der Waals surface area (Å²) in [4.78, 5) is 26.9. The molecule has 2 aliphatic rings. The van der Waals surface area contributed by atoms with E-state index in [2.05, 4.69) is 5.32 Å². The van der Waals surface area contributed by atoms with E-state index in [1.807, 2.05) is 12.1 Å². The van der Waals surface area contributed by atoms with E-state index in [9.17, 15) is 14.0 Å². The fourth-order valence-electron chi connectivity index (χ4n) is 4.47. The number of nitrogens with zero attached hydrogens (tertiary/aromatic N) is 1. The molecule has 0 aromatic heterocycles. The second-order valence-electron chi connectivity index (χ2n) is 8.39. The maximum atomic E-state index is 13.8. The number of carbonyl (C=O) groups is 2. The van der Waals surface area contributed by atoms with Gasteiger partial charge in [-0.15, -0.1) is 0 Å². The number of nitrogens with one attached hydrogen (secondary N) is 1. The molecule has 2 heterocycles. The molecule has 2 aromatic carbocycles. The van der Waals surface area contributed by atoms with Crippen LogP contribution >= 0.6 is 11.6 Å². The molecule has 2 amide bonds. The summed E-state index contributed by atoms with van der Waals surface area (Å²) < 4.78 is 24.6. The molecular weight excluding hydrogens is 435 g/mol. The lowest BCUT2D eigenvalue weighted by molar-refractivity contribution is -0.132. The van der Waals surface area contributed by atoms with Crippen molar-refractivity contribution in [3.8, 4) is 11.5 Å². The maximum Gasteiger partial charge on any atom is 0.223 e. The van der Waals surface area contributed by atoms with Crippen LogP contribution in [0.2, 0.25) is 5.02 Å². The lowest BCUT2D eigenvalue weighted by atomic mass is 9.84. The molecule has 0 radical (unpaired) electrons. The van der Waals surface area contributed by atoms with Gasteiger partial charge >= 0.3 is 0 Å². The van der Waals surface area contributed by atoms with E-state index in [-0.39, 0.29) is 24.0 Å². The number of hydrogen-bond acceptors (Lipinski definition) is 4. The largest absolute Gasteiger partial charge is 0.494 e. The van der Waals surface area contributed by atoms with E-state index >= 15 is 0 Å². The average molecular weight is 461 g/mol. The molecular formula is C24H26ClFN2O4. The number of amides is 2. The first-order valence-electron chi connectivity index (χ1n) is 10.7. The molecule has 1 atom stereocenters. The van der Waals surface area contributed by atoms with E-state index < -0.39 is 11.4 Å². The van der Waals surface area contributed by atoms with Crippen LogP contribution in [0.25, 0.3) is 0 Å². The number of carbonyl (C=O) groups excluding carboxylic acids is 2. The fourth-order valence-corrected chi connectivity index (χ4v) is 4.66. The topological polar surface area (TPSA) is 67.9 Å². The zero-order valence-corrected chi connectivity index (χ0v) is 18.7. The minimum Gasteiger partial charge on any atom is -0.494 e. The van der Waals surface area contributed by atoms with E-state index in [4.69, 9.17) is 21.1 Å². The van der Waals surface area contributed by atoms with Crippen molar-refractivity contribution in [3.63, 3.8) is 0 Å². The molecule has 1 saturated heterocycles. The predicted molar refractivity (Wildman–Crippen MR) is 118 cm³/mol. The molecule has 8 heteroatoms. The van der Waals surface area contributed by atoms with Crippen molar-refractivity contribution in [2.24, 2.45) is 0 Å². The van der Waals surface area contributed by atoms with Crippen molar-refractivity contribution in [2.75, 3.05) is 20.3 Å². The highest BCUT2D eigenvalue weighted by Crippen LogP contribution is 2.32. The minimum atomic E-state index is -0.543. The summed E-state index contributed by atoms with van der Waals surface area (Å²) in [6.07, 6.45) is 2.33. The number of hydrogen-bond donors (Lipinski definition) is 1. The van der Waals surface area contributed by atoms with Crippen molar-refractivity contribution in [1.82, 2.24) is 10.2 Å². The van der Waals surface area contributed by atoms with Gasteiger partial charge in [0.2, 0.25) is 11.8 Å². The molecule has 0 bridgehead atoms. The van der Waals surface area contributed by atoms with Gasteiger partial charge in [0.15, 0.2) is 11.6 Å². The highest BCUT2D eigenvalue weighted by molar-refractivity contribution is 6.30. The molecule has 4 rings (SSSR count). The molecule has 2 aliphatic heterocycles. The standard InChI is InChI=1S/C24H26ClFN2O4/c1-31-21-12-16(2-4-19(21)26)14-24(8-6-22(29)27-24)9-7-23(30)28-10-11-32-20-5-3-18(25)13-17(20)15-28/h2-5,12-13H,6-11,14-15H2,1H3,(H,27,29). The van der Waals surface area contributed by atoms with Crippen LogP contribution in [0.1, 0.15) is 36.8 Å². The van der Waals surface area contributed by atoms with E-state index in [1.54, 1.807) is 23.1 Å². The Morgan fingerprint density at radius 1 is 1.31 bits per heavy atom. The molecule has 2 aromatic rings. The van der Waals surface area contributed by atoms with Gasteiger partial charge in [0.05, 0.1) is 13.7 Å². The summed E-state index contributed by atoms with van der Waals surface area (Å²) in [5, 5.41) is 3.68. The highest BCUT2D eigenvalue weighted by Gasteiger charge is 2.38. The first-order valence-corrected chi connectivity index (χ1v) is 11.1. The Bertz CT molecular complexity index is 1030. The van der Waals surface area contributed by atoms with Crippen molar-refractivity contribution in [2.45, 2.75) is 44.2 Å². The van der Waals surface area contributed by atoms with Crippen LogP contribution in [-0.2, 0) is 22.6 Å². The molecule has 1 unspecified atom stereocenters. The maximum absolute atomic E-state index is 13.8. The third-order valence-electron chi connectivity index (χ3n) is 6.17. The first-order chi connectivity index (χ1) is 15.4. The quantitative estimate of drug-likeness (QED) is 0.710. The summed E-state index contributed by atoms with van der Waals surface area (Å²) in [6.45, 7) is 1.33. The highest BCUT2D eigenvalue weighted by atomic mass is 35.5. The molecule has 6 nitrogen and oxygen atoms in total. The van der Waals surface area contributed by atoms with Gasteiger partial charge in [0, 0.05) is 35.5 Å². The molecule has 0 saturated carbocycles. The van der Waals surface area contributed by atoms with Crippen molar-refractivity contribution < 1.29 is 23.5 Å². The molecule has 1 N–H and O–H groups in total. The summed E-state index contributed by atoms with van der Waals surface area (Å²) in [7, 11) is 1.42. The number of benzene rings is 2. The van der Waals surface area contributed by atoms with Gasteiger partial charge in [-0.1, -0.05) is 17.7 Å². The first kappa shape index (κ1) is 22.4. The Morgan fingerprint density at radius 3 is 2.91 bits per heavy atom. The SMILES string of the molecule is COc1cc(CC2(CCC(=O)N3CCOc4ccc(Cl)cc4C3)CCC(=O)N2)ccc1F. The smallest absolute Gasteiger partial charge is 0.223 e. The van der Waals surface area contributed by atoms with Crippen LogP contribution in [-0.4, -0.2) is 42.5 Å². The molecule has 0 spiro atoms. The van der Waals surface area contributed by atoms with Gasteiger partial charge in [-0.05, 0) is 55.2 Å². The van der Waals surface area contributed by atoms with Crippen LogP contribution in [0.3, 0.4) is 0 Å². The summed E-state index contributed by atoms with van der Waals surface area (Å²) in [6, 6.07) is 10.1. The zero-order chi connectivity index (χ0) is 22.7. The predicted octanol–water partition coefficient (Wildman–Crippen LogP) is 3.88. The second kappa shape index (κ2) is 9.36. The Hall–Kier alpha value is -2.80. The molecule has 170 valence electrons. The van der Waals surface area contributed by atoms with Crippen molar-refractivity contribution in [1.29, 1.82) is 0 Å². The molecule has 1 fully saturated rings. The third-order valence-corrected chi connectivity index (χ3v) is 6.40. The number of halogens is 2. The summed E-state index contributed by atoms with van der Waals surface area (Å²) >= 11 is 6.11. The summed E-state index contributed by atoms with van der Waals surface area (Å²) in [5.41, 5.74) is 1.19. The summed E-state index contributed by atoms with van der Waals surface area (Å²) in [5.74, 6) is 0.450.